The molecule has 104 valence electrons. The molecule has 1 saturated heterocycles. The molecular formula is C17H19NO2. The van der Waals surface area contributed by atoms with Gasteiger partial charge in [-0.15, -0.1) is 0 Å². The zero-order valence-corrected chi connectivity index (χ0v) is 11.7. The number of nitrogens with zero attached hydrogens (tertiary/aromatic N) is 1. The number of carbonyl (C=O) groups excluding carboxylic acids is 1. The predicted molar refractivity (Wildman–Crippen MR) is 79.3 cm³/mol. The molecular weight excluding hydrogens is 250 g/mol. The van der Waals surface area contributed by atoms with Gasteiger partial charge < -0.3 is 10.0 Å². The van der Waals surface area contributed by atoms with Crippen LogP contribution in [0.3, 0.4) is 0 Å². The van der Waals surface area contributed by atoms with Gasteiger partial charge in [0.25, 0.3) is 0 Å². The standard InChI is InChI=1S/C17H19NO2/c1-12-5-6-13-3-2-4-14(15(13)11-12)9-10-18-16(19)7-8-17(18)20/h2-6,11,16,19H,7-10H2,1H3/t16-/m1/s1. The van der Waals surface area contributed by atoms with Gasteiger partial charge in [0.15, 0.2) is 0 Å². The van der Waals surface area contributed by atoms with Crippen LogP contribution in [0, 0.1) is 6.92 Å². The second kappa shape index (κ2) is 5.25. The summed E-state index contributed by atoms with van der Waals surface area (Å²) >= 11 is 0. The molecule has 3 heteroatoms. The summed E-state index contributed by atoms with van der Waals surface area (Å²) < 4.78 is 0. The van der Waals surface area contributed by atoms with Crippen LogP contribution >= 0.6 is 0 Å². The van der Waals surface area contributed by atoms with Gasteiger partial charge in [-0.1, -0.05) is 42.0 Å². The molecule has 0 bridgehead atoms. The van der Waals surface area contributed by atoms with Crippen LogP contribution < -0.4 is 0 Å². The molecule has 0 aromatic heterocycles. The molecule has 0 radical (unpaired) electrons. The molecule has 0 unspecified atom stereocenters. The number of aryl methyl sites for hydroxylation is 1. The van der Waals surface area contributed by atoms with Crippen LogP contribution in [0.5, 0.6) is 0 Å². The molecule has 1 aliphatic heterocycles. The Morgan fingerprint density at radius 3 is 2.90 bits per heavy atom. The maximum atomic E-state index is 11.7. The molecule has 3 rings (SSSR count). The number of hydrogen-bond acceptors (Lipinski definition) is 2. The summed E-state index contributed by atoms with van der Waals surface area (Å²) in [6.45, 7) is 2.68. The number of amides is 1. The van der Waals surface area contributed by atoms with Gasteiger partial charge in [-0.05, 0) is 29.7 Å². The van der Waals surface area contributed by atoms with Crippen LogP contribution in [0.4, 0.5) is 0 Å². The topological polar surface area (TPSA) is 40.5 Å². The molecule has 1 amide bonds. The van der Waals surface area contributed by atoms with Crippen LogP contribution in [-0.2, 0) is 11.2 Å². The number of likely N-dealkylation sites (tertiary alicyclic amines) is 1. The Hall–Kier alpha value is -1.87. The first-order valence-corrected chi connectivity index (χ1v) is 7.11. The number of aliphatic hydroxyl groups excluding tert-OH is 1. The average Bonchev–Trinajstić information content (AvgIpc) is 2.76. The Bertz CT molecular complexity index is 650. The van der Waals surface area contributed by atoms with Crippen LogP contribution in [0.25, 0.3) is 10.8 Å². The highest BCUT2D eigenvalue weighted by Gasteiger charge is 2.28. The summed E-state index contributed by atoms with van der Waals surface area (Å²) in [5.74, 6) is 0.0638. The van der Waals surface area contributed by atoms with Crippen molar-refractivity contribution >= 4 is 16.7 Å². The molecule has 2 aromatic rings. The van der Waals surface area contributed by atoms with E-state index in [-0.39, 0.29) is 5.91 Å². The Labute approximate surface area is 118 Å². The van der Waals surface area contributed by atoms with Gasteiger partial charge in [0.05, 0.1) is 0 Å². The van der Waals surface area contributed by atoms with Gasteiger partial charge in [0, 0.05) is 19.4 Å². The minimum Gasteiger partial charge on any atom is -0.374 e. The monoisotopic (exact) mass is 269 g/mol. The summed E-state index contributed by atoms with van der Waals surface area (Å²) in [5, 5.41) is 12.3. The van der Waals surface area contributed by atoms with E-state index < -0.39 is 6.23 Å². The molecule has 0 aliphatic carbocycles. The number of benzene rings is 2. The van der Waals surface area contributed by atoms with Gasteiger partial charge in [0.1, 0.15) is 6.23 Å². The van der Waals surface area contributed by atoms with E-state index in [0.717, 1.165) is 6.42 Å². The summed E-state index contributed by atoms with van der Waals surface area (Å²) in [6.07, 6.45) is 1.21. The predicted octanol–water partition coefficient (Wildman–Crippen LogP) is 2.63. The lowest BCUT2D eigenvalue weighted by atomic mass is 10.00. The smallest absolute Gasteiger partial charge is 0.224 e. The molecule has 1 N–H and O–H groups in total. The van der Waals surface area contributed by atoms with Crippen molar-refractivity contribution in [2.75, 3.05) is 6.54 Å². The largest absolute Gasteiger partial charge is 0.374 e. The van der Waals surface area contributed by atoms with E-state index in [9.17, 15) is 9.90 Å². The van der Waals surface area contributed by atoms with Crippen LogP contribution in [0.15, 0.2) is 36.4 Å². The average molecular weight is 269 g/mol. The summed E-state index contributed by atoms with van der Waals surface area (Å²) in [5.41, 5.74) is 2.47. The molecule has 2 aromatic carbocycles. The lowest BCUT2D eigenvalue weighted by Gasteiger charge is -2.20. The van der Waals surface area contributed by atoms with Crippen molar-refractivity contribution in [3.63, 3.8) is 0 Å². The van der Waals surface area contributed by atoms with Gasteiger partial charge >= 0.3 is 0 Å². The highest BCUT2D eigenvalue weighted by atomic mass is 16.3. The molecule has 1 atom stereocenters. The highest BCUT2D eigenvalue weighted by Crippen LogP contribution is 2.22. The van der Waals surface area contributed by atoms with Crippen molar-refractivity contribution in [2.24, 2.45) is 0 Å². The summed E-state index contributed by atoms with van der Waals surface area (Å²) in [6, 6.07) is 12.7. The first-order chi connectivity index (χ1) is 9.65. The minimum absolute atomic E-state index is 0.0638. The van der Waals surface area contributed by atoms with Crippen molar-refractivity contribution < 1.29 is 9.90 Å². The number of hydrogen-bond donors (Lipinski definition) is 1. The van der Waals surface area contributed by atoms with Crippen LogP contribution in [0.2, 0.25) is 0 Å². The molecule has 20 heavy (non-hydrogen) atoms. The van der Waals surface area contributed by atoms with Crippen molar-refractivity contribution in [2.45, 2.75) is 32.4 Å². The van der Waals surface area contributed by atoms with E-state index in [1.165, 1.54) is 21.9 Å². The minimum atomic E-state index is -0.598. The van der Waals surface area contributed by atoms with Crippen molar-refractivity contribution in [1.82, 2.24) is 4.90 Å². The summed E-state index contributed by atoms with van der Waals surface area (Å²) in [7, 11) is 0. The fraction of sp³-hybridized carbons (Fsp3) is 0.353. The second-order valence-electron chi connectivity index (χ2n) is 5.50. The SMILES string of the molecule is Cc1ccc2cccc(CCN3C(=O)CC[C@H]3O)c2c1. The molecule has 3 nitrogen and oxygen atoms in total. The van der Waals surface area contributed by atoms with Gasteiger partial charge in [-0.25, -0.2) is 0 Å². The number of fused-ring (bicyclic) bond motifs is 1. The van der Waals surface area contributed by atoms with E-state index in [1.54, 1.807) is 4.90 Å². The Balaban J connectivity index is 1.84. The quantitative estimate of drug-likeness (QED) is 0.930. The Morgan fingerprint density at radius 2 is 2.15 bits per heavy atom. The number of carbonyl (C=O) groups is 1. The zero-order valence-electron chi connectivity index (χ0n) is 11.7. The molecule has 1 aliphatic rings. The van der Waals surface area contributed by atoms with E-state index in [1.807, 2.05) is 0 Å². The van der Waals surface area contributed by atoms with Crippen molar-refractivity contribution in [1.29, 1.82) is 0 Å². The Morgan fingerprint density at radius 1 is 1.30 bits per heavy atom. The van der Waals surface area contributed by atoms with Crippen LogP contribution in [-0.4, -0.2) is 28.7 Å². The second-order valence-corrected chi connectivity index (χ2v) is 5.50. The Kier molecular flexibility index (Phi) is 3.45. The lowest BCUT2D eigenvalue weighted by Crippen LogP contribution is -2.34. The first-order valence-electron chi connectivity index (χ1n) is 7.11. The van der Waals surface area contributed by atoms with E-state index >= 15 is 0 Å². The van der Waals surface area contributed by atoms with Crippen LogP contribution in [0.1, 0.15) is 24.0 Å². The van der Waals surface area contributed by atoms with E-state index in [2.05, 4.69) is 43.3 Å². The number of aliphatic hydroxyl groups is 1. The van der Waals surface area contributed by atoms with Gasteiger partial charge in [-0.3, -0.25) is 4.79 Å². The third-order valence-corrected chi connectivity index (χ3v) is 4.05. The maximum Gasteiger partial charge on any atom is 0.224 e. The lowest BCUT2D eigenvalue weighted by molar-refractivity contribution is -0.133. The third-order valence-electron chi connectivity index (χ3n) is 4.05. The van der Waals surface area contributed by atoms with Crippen molar-refractivity contribution in [3.05, 3.63) is 47.5 Å². The fourth-order valence-electron chi connectivity index (χ4n) is 2.90. The normalized spacial score (nSPS) is 19.0. The van der Waals surface area contributed by atoms with E-state index in [0.29, 0.717) is 19.4 Å². The molecule has 0 spiro atoms. The van der Waals surface area contributed by atoms with Gasteiger partial charge in [-0.2, -0.15) is 0 Å². The number of rotatable bonds is 3. The highest BCUT2D eigenvalue weighted by molar-refractivity contribution is 5.86. The molecule has 1 heterocycles. The fourth-order valence-corrected chi connectivity index (χ4v) is 2.90. The third kappa shape index (κ3) is 2.41. The summed E-state index contributed by atoms with van der Waals surface area (Å²) in [4.78, 5) is 13.3. The van der Waals surface area contributed by atoms with Crippen molar-refractivity contribution in [3.8, 4) is 0 Å². The van der Waals surface area contributed by atoms with Gasteiger partial charge in [0.2, 0.25) is 5.91 Å². The maximum absolute atomic E-state index is 11.7. The first kappa shape index (κ1) is 13.1. The zero-order chi connectivity index (χ0) is 14.1. The molecule has 1 fully saturated rings. The molecule has 0 saturated carbocycles. The van der Waals surface area contributed by atoms with E-state index in [4.69, 9.17) is 0 Å².